The van der Waals surface area contributed by atoms with E-state index in [4.69, 9.17) is 4.98 Å². The second kappa shape index (κ2) is 3.36. The molecule has 0 spiro atoms. The second-order valence-electron chi connectivity index (χ2n) is 6.36. The number of nitrogens with zero attached hydrogens (tertiary/aromatic N) is 2. The monoisotopic (exact) mass is 208 g/mol. The normalized spacial score (nSPS) is 13.3. The van der Waals surface area contributed by atoms with Crippen LogP contribution in [-0.2, 0) is 11.0 Å². The number of aromatic nitrogens is 2. The smallest absolute Gasteiger partial charge is 0.115 e. The first kappa shape index (κ1) is 12.3. The Balaban J connectivity index is 3.48. The van der Waals surface area contributed by atoms with Crippen molar-refractivity contribution in [1.82, 2.24) is 9.55 Å². The van der Waals surface area contributed by atoms with E-state index in [1.165, 1.54) is 11.5 Å². The third-order valence-corrected chi connectivity index (χ3v) is 2.69. The zero-order valence-corrected chi connectivity index (χ0v) is 11.4. The Labute approximate surface area is 93.7 Å². The van der Waals surface area contributed by atoms with Crippen LogP contribution in [0.25, 0.3) is 0 Å². The molecule has 0 aliphatic carbocycles. The van der Waals surface area contributed by atoms with Gasteiger partial charge in [0.2, 0.25) is 0 Å². The van der Waals surface area contributed by atoms with Crippen LogP contribution in [0.3, 0.4) is 0 Å². The molecule has 0 saturated carbocycles. The van der Waals surface area contributed by atoms with Gasteiger partial charge in [-0.05, 0) is 34.6 Å². The summed E-state index contributed by atoms with van der Waals surface area (Å²) in [6, 6.07) is 0. The van der Waals surface area contributed by atoms with Gasteiger partial charge < -0.3 is 4.57 Å². The lowest BCUT2D eigenvalue weighted by molar-refractivity contribution is 0.348. The zero-order valence-electron chi connectivity index (χ0n) is 11.4. The molecule has 2 nitrogen and oxygen atoms in total. The molecule has 0 aliphatic rings. The SMILES string of the molecule is Cc1nc(C(C)(C)C)n(C(C)(C)C)c1C. The predicted octanol–water partition coefficient (Wildman–Crippen LogP) is 3.55. The molecule has 86 valence electrons. The van der Waals surface area contributed by atoms with Gasteiger partial charge in [0.1, 0.15) is 5.82 Å². The third-order valence-electron chi connectivity index (χ3n) is 2.69. The lowest BCUT2D eigenvalue weighted by Crippen LogP contribution is -2.30. The highest BCUT2D eigenvalue weighted by Gasteiger charge is 2.28. The van der Waals surface area contributed by atoms with E-state index >= 15 is 0 Å². The fraction of sp³-hybridized carbons (Fsp3) is 0.769. The molecule has 0 amide bonds. The summed E-state index contributed by atoms with van der Waals surface area (Å²) in [7, 11) is 0. The fourth-order valence-corrected chi connectivity index (χ4v) is 1.93. The van der Waals surface area contributed by atoms with Crippen molar-refractivity contribution < 1.29 is 0 Å². The number of hydrogen-bond donors (Lipinski definition) is 0. The Bertz CT molecular complexity index is 359. The van der Waals surface area contributed by atoms with Crippen molar-refractivity contribution in [2.75, 3.05) is 0 Å². The molecule has 0 radical (unpaired) electrons. The molecule has 1 aromatic rings. The average Bonchev–Trinajstić information content (AvgIpc) is 2.25. The van der Waals surface area contributed by atoms with Crippen molar-refractivity contribution in [2.24, 2.45) is 0 Å². The molecule has 0 unspecified atom stereocenters. The van der Waals surface area contributed by atoms with Crippen LogP contribution in [0.5, 0.6) is 0 Å². The molecule has 0 aromatic carbocycles. The van der Waals surface area contributed by atoms with E-state index in [0.29, 0.717) is 0 Å². The Kier molecular flexibility index (Phi) is 2.75. The number of aryl methyl sites for hydroxylation is 1. The van der Waals surface area contributed by atoms with Crippen molar-refractivity contribution in [2.45, 2.75) is 66.3 Å². The van der Waals surface area contributed by atoms with Gasteiger partial charge in [-0.2, -0.15) is 0 Å². The van der Waals surface area contributed by atoms with Gasteiger partial charge in [0.25, 0.3) is 0 Å². The first-order chi connectivity index (χ1) is 6.55. The van der Waals surface area contributed by atoms with Crippen molar-refractivity contribution in [3.63, 3.8) is 0 Å². The molecule has 1 aromatic heterocycles. The molecule has 1 heterocycles. The van der Waals surface area contributed by atoms with E-state index in [1.807, 2.05) is 0 Å². The number of hydrogen-bond acceptors (Lipinski definition) is 1. The Morgan fingerprint density at radius 1 is 0.933 bits per heavy atom. The van der Waals surface area contributed by atoms with Gasteiger partial charge in [0.15, 0.2) is 0 Å². The maximum absolute atomic E-state index is 4.71. The van der Waals surface area contributed by atoms with E-state index in [1.54, 1.807) is 0 Å². The Hall–Kier alpha value is -0.790. The van der Waals surface area contributed by atoms with Crippen LogP contribution in [0.1, 0.15) is 58.8 Å². The molecule has 1 rings (SSSR count). The van der Waals surface area contributed by atoms with Gasteiger partial charge in [-0.15, -0.1) is 0 Å². The fourth-order valence-electron chi connectivity index (χ4n) is 1.93. The largest absolute Gasteiger partial charge is 0.326 e. The minimum absolute atomic E-state index is 0.103. The minimum atomic E-state index is 0.103. The summed E-state index contributed by atoms with van der Waals surface area (Å²) in [4.78, 5) is 4.71. The molecule has 0 fully saturated rings. The van der Waals surface area contributed by atoms with Crippen LogP contribution < -0.4 is 0 Å². The van der Waals surface area contributed by atoms with Gasteiger partial charge in [0, 0.05) is 16.6 Å². The van der Waals surface area contributed by atoms with Gasteiger partial charge in [-0.1, -0.05) is 20.8 Å². The summed E-state index contributed by atoms with van der Waals surface area (Å²) in [5.41, 5.74) is 2.64. The van der Waals surface area contributed by atoms with Gasteiger partial charge >= 0.3 is 0 Å². The molecular weight excluding hydrogens is 184 g/mol. The molecule has 0 bridgehead atoms. The minimum Gasteiger partial charge on any atom is -0.326 e. The van der Waals surface area contributed by atoms with Gasteiger partial charge in [0.05, 0.1) is 5.69 Å². The maximum Gasteiger partial charge on any atom is 0.115 e. The topological polar surface area (TPSA) is 17.8 Å². The van der Waals surface area contributed by atoms with Crippen molar-refractivity contribution >= 4 is 0 Å². The predicted molar refractivity (Wildman–Crippen MR) is 65.4 cm³/mol. The number of rotatable bonds is 0. The highest BCUT2D eigenvalue weighted by Crippen LogP contribution is 2.29. The summed E-state index contributed by atoms with van der Waals surface area (Å²) in [6.45, 7) is 17.6. The molecule has 0 saturated heterocycles. The summed E-state index contributed by atoms with van der Waals surface area (Å²) >= 11 is 0. The highest BCUT2D eigenvalue weighted by atomic mass is 15.1. The summed E-state index contributed by atoms with van der Waals surface area (Å²) < 4.78 is 2.36. The van der Waals surface area contributed by atoms with Crippen molar-refractivity contribution in [1.29, 1.82) is 0 Å². The van der Waals surface area contributed by atoms with Gasteiger partial charge in [-0.3, -0.25) is 0 Å². The quantitative estimate of drug-likeness (QED) is 0.637. The van der Waals surface area contributed by atoms with Crippen LogP contribution in [0.4, 0.5) is 0 Å². The molecule has 0 atom stereocenters. The van der Waals surface area contributed by atoms with E-state index in [2.05, 4.69) is 60.0 Å². The average molecular weight is 208 g/mol. The zero-order chi connectivity index (χ0) is 12.0. The molecular formula is C13H24N2. The number of imidazole rings is 1. The maximum atomic E-state index is 4.71. The molecule has 0 aliphatic heterocycles. The van der Waals surface area contributed by atoms with Crippen LogP contribution in [0.2, 0.25) is 0 Å². The first-order valence-corrected chi connectivity index (χ1v) is 5.62. The van der Waals surface area contributed by atoms with E-state index in [9.17, 15) is 0 Å². The first-order valence-electron chi connectivity index (χ1n) is 5.62. The van der Waals surface area contributed by atoms with E-state index in [-0.39, 0.29) is 11.0 Å². The van der Waals surface area contributed by atoms with Crippen LogP contribution in [0.15, 0.2) is 0 Å². The molecule has 0 N–H and O–H groups in total. The van der Waals surface area contributed by atoms with E-state index < -0.39 is 0 Å². The lowest BCUT2D eigenvalue weighted by atomic mass is 9.94. The standard InChI is InChI=1S/C13H24N2/c1-9-10(2)15(13(6,7)8)11(14-9)12(3,4)5/h1-8H3. The summed E-state index contributed by atoms with van der Waals surface area (Å²) in [5.74, 6) is 1.19. The van der Waals surface area contributed by atoms with Crippen LogP contribution >= 0.6 is 0 Å². The Morgan fingerprint density at radius 2 is 1.40 bits per heavy atom. The van der Waals surface area contributed by atoms with Crippen molar-refractivity contribution in [3.8, 4) is 0 Å². The van der Waals surface area contributed by atoms with Crippen molar-refractivity contribution in [3.05, 3.63) is 17.2 Å². The van der Waals surface area contributed by atoms with Crippen LogP contribution in [-0.4, -0.2) is 9.55 Å². The summed E-state index contributed by atoms with van der Waals surface area (Å²) in [5, 5.41) is 0. The van der Waals surface area contributed by atoms with Crippen LogP contribution in [0, 0.1) is 13.8 Å². The van der Waals surface area contributed by atoms with Gasteiger partial charge in [-0.25, -0.2) is 4.98 Å². The molecule has 15 heavy (non-hydrogen) atoms. The summed E-state index contributed by atoms with van der Waals surface area (Å²) in [6.07, 6.45) is 0. The third kappa shape index (κ3) is 2.24. The Morgan fingerprint density at radius 3 is 1.67 bits per heavy atom. The lowest BCUT2D eigenvalue weighted by Gasteiger charge is -2.30. The van der Waals surface area contributed by atoms with E-state index in [0.717, 1.165) is 5.69 Å². The second-order valence-corrected chi connectivity index (χ2v) is 6.36. The highest BCUT2D eigenvalue weighted by molar-refractivity contribution is 5.21. The molecule has 2 heteroatoms.